The van der Waals surface area contributed by atoms with Gasteiger partial charge in [0.1, 0.15) is 0 Å². The minimum atomic E-state index is -0.914. The summed E-state index contributed by atoms with van der Waals surface area (Å²) in [4.78, 5) is 14.1. The molecular weight excluding hydrogens is 262 g/mol. The Kier molecular flexibility index (Phi) is 5.06. The molecule has 1 aromatic carbocycles. The minimum absolute atomic E-state index is 0.0796. The Morgan fingerprint density at radius 3 is 2.95 bits per heavy atom. The van der Waals surface area contributed by atoms with Crippen LogP contribution in [0.1, 0.15) is 24.8 Å². The highest BCUT2D eigenvalue weighted by atomic mass is 19.2. The molecule has 110 valence electrons. The molecule has 0 saturated carbocycles. The summed E-state index contributed by atoms with van der Waals surface area (Å²) >= 11 is 0. The van der Waals surface area contributed by atoms with Gasteiger partial charge in [-0.2, -0.15) is 0 Å². The van der Waals surface area contributed by atoms with Gasteiger partial charge >= 0.3 is 0 Å². The lowest BCUT2D eigenvalue weighted by molar-refractivity contribution is -0.134. The predicted octanol–water partition coefficient (Wildman–Crippen LogP) is 2.11. The van der Waals surface area contributed by atoms with E-state index in [9.17, 15) is 13.6 Å². The maximum absolute atomic E-state index is 13.6. The summed E-state index contributed by atoms with van der Waals surface area (Å²) in [6, 6.07) is 4.11. The number of nitrogens with zero attached hydrogens (tertiary/aromatic N) is 1. The van der Waals surface area contributed by atoms with Crippen molar-refractivity contribution >= 4 is 5.91 Å². The number of benzene rings is 1. The van der Waals surface area contributed by atoms with Crippen molar-refractivity contribution in [3.63, 3.8) is 0 Å². The number of hydrogen-bond donors (Lipinski definition) is 1. The summed E-state index contributed by atoms with van der Waals surface area (Å²) < 4.78 is 26.8. The number of nitrogens with one attached hydrogen (secondary N) is 1. The van der Waals surface area contributed by atoms with E-state index in [2.05, 4.69) is 5.32 Å². The van der Waals surface area contributed by atoms with Crippen LogP contribution in [0.3, 0.4) is 0 Å². The summed E-state index contributed by atoms with van der Waals surface area (Å²) in [6.45, 7) is 1.43. The monoisotopic (exact) mass is 282 g/mol. The SMILES string of the molecule is CNCC1CCCCN1C(=O)Cc1cccc(F)c1F. The first kappa shape index (κ1) is 14.9. The van der Waals surface area contributed by atoms with Crippen molar-refractivity contribution in [3.8, 4) is 0 Å². The lowest BCUT2D eigenvalue weighted by Gasteiger charge is -2.36. The molecule has 0 aromatic heterocycles. The molecule has 1 atom stereocenters. The number of likely N-dealkylation sites (tertiary alicyclic amines) is 1. The standard InChI is InChI=1S/C15H20F2N2O/c1-18-10-12-6-2-3-8-19(12)14(20)9-11-5-4-7-13(16)15(11)17/h4-5,7,12,18H,2-3,6,8-10H2,1H3. The second kappa shape index (κ2) is 6.79. The highest BCUT2D eigenvalue weighted by Gasteiger charge is 2.26. The third kappa shape index (κ3) is 3.33. The van der Waals surface area contributed by atoms with Gasteiger partial charge in [-0.1, -0.05) is 12.1 Å². The fraction of sp³-hybridized carbons (Fsp3) is 0.533. The van der Waals surface area contributed by atoms with E-state index in [0.29, 0.717) is 6.54 Å². The second-order valence-corrected chi connectivity index (χ2v) is 5.18. The molecule has 0 spiro atoms. The van der Waals surface area contributed by atoms with Crippen LogP contribution in [0.25, 0.3) is 0 Å². The Labute approximate surface area is 118 Å². The zero-order valence-electron chi connectivity index (χ0n) is 11.7. The van der Waals surface area contributed by atoms with Crippen molar-refractivity contribution in [2.75, 3.05) is 20.1 Å². The van der Waals surface area contributed by atoms with Crippen LogP contribution in [-0.2, 0) is 11.2 Å². The zero-order chi connectivity index (χ0) is 14.5. The highest BCUT2D eigenvalue weighted by Crippen LogP contribution is 2.19. The molecule has 1 aliphatic heterocycles. The fourth-order valence-electron chi connectivity index (χ4n) is 2.73. The molecule has 2 rings (SSSR count). The Morgan fingerprint density at radius 2 is 2.20 bits per heavy atom. The van der Waals surface area contributed by atoms with Crippen molar-refractivity contribution in [3.05, 3.63) is 35.4 Å². The Hall–Kier alpha value is -1.49. The van der Waals surface area contributed by atoms with Crippen LogP contribution in [0.15, 0.2) is 18.2 Å². The summed E-state index contributed by atoms with van der Waals surface area (Å²) in [5, 5.41) is 3.08. The van der Waals surface area contributed by atoms with Gasteiger partial charge in [-0.3, -0.25) is 4.79 Å². The maximum Gasteiger partial charge on any atom is 0.227 e. The van der Waals surface area contributed by atoms with Crippen molar-refractivity contribution in [1.29, 1.82) is 0 Å². The molecule has 0 bridgehead atoms. The van der Waals surface area contributed by atoms with Crippen LogP contribution in [0.2, 0.25) is 0 Å². The van der Waals surface area contributed by atoms with E-state index in [1.165, 1.54) is 12.1 Å². The normalized spacial score (nSPS) is 19.1. The van der Waals surface area contributed by atoms with Crippen molar-refractivity contribution in [2.45, 2.75) is 31.7 Å². The number of amides is 1. The van der Waals surface area contributed by atoms with Crippen LogP contribution in [0.4, 0.5) is 8.78 Å². The number of hydrogen-bond acceptors (Lipinski definition) is 2. The lowest BCUT2D eigenvalue weighted by atomic mass is 10.0. The minimum Gasteiger partial charge on any atom is -0.338 e. The van der Waals surface area contributed by atoms with E-state index >= 15 is 0 Å². The van der Waals surface area contributed by atoms with Gasteiger partial charge in [0, 0.05) is 24.7 Å². The molecule has 0 aliphatic carbocycles. The number of halogens is 2. The first-order valence-corrected chi connectivity index (χ1v) is 7.00. The number of carbonyl (C=O) groups is 1. The summed E-state index contributed by atoms with van der Waals surface area (Å²) in [6.07, 6.45) is 2.95. The van der Waals surface area contributed by atoms with Crippen LogP contribution < -0.4 is 5.32 Å². The fourth-order valence-corrected chi connectivity index (χ4v) is 2.73. The topological polar surface area (TPSA) is 32.3 Å². The average molecular weight is 282 g/mol. The average Bonchev–Trinajstić information content (AvgIpc) is 2.45. The molecule has 1 fully saturated rings. The molecule has 1 aromatic rings. The number of piperidine rings is 1. The second-order valence-electron chi connectivity index (χ2n) is 5.18. The molecule has 1 saturated heterocycles. The molecule has 1 amide bonds. The Morgan fingerprint density at radius 1 is 1.40 bits per heavy atom. The maximum atomic E-state index is 13.6. The van der Waals surface area contributed by atoms with Crippen molar-refractivity contribution in [1.82, 2.24) is 10.2 Å². The molecule has 3 nitrogen and oxygen atoms in total. The van der Waals surface area contributed by atoms with E-state index in [1.54, 1.807) is 4.90 Å². The van der Waals surface area contributed by atoms with Crippen LogP contribution in [0.5, 0.6) is 0 Å². The summed E-state index contributed by atoms with van der Waals surface area (Å²) in [5.41, 5.74) is 0.129. The molecule has 1 heterocycles. The molecule has 20 heavy (non-hydrogen) atoms. The number of rotatable bonds is 4. The quantitative estimate of drug-likeness (QED) is 0.917. The lowest BCUT2D eigenvalue weighted by Crippen LogP contribution is -2.48. The van der Waals surface area contributed by atoms with Gasteiger partial charge in [-0.15, -0.1) is 0 Å². The Balaban J connectivity index is 2.08. The highest BCUT2D eigenvalue weighted by molar-refractivity contribution is 5.79. The van der Waals surface area contributed by atoms with Gasteiger partial charge in [-0.25, -0.2) is 8.78 Å². The zero-order valence-corrected chi connectivity index (χ0v) is 11.7. The van der Waals surface area contributed by atoms with E-state index in [-0.39, 0.29) is 23.9 Å². The van der Waals surface area contributed by atoms with E-state index in [4.69, 9.17) is 0 Å². The number of carbonyl (C=O) groups excluding carboxylic acids is 1. The summed E-state index contributed by atoms with van der Waals surface area (Å²) in [5.74, 6) is -1.95. The predicted molar refractivity (Wildman–Crippen MR) is 73.3 cm³/mol. The van der Waals surface area contributed by atoms with E-state index < -0.39 is 11.6 Å². The number of likely N-dealkylation sites (N-methyl/N-ethyl adjacent to an activating group) is 1. The van der Waals surface area contributed by atoms with Crippen LogP contribution in [-0.4, -0.2) is 37.0 Å². The van der Waals surface area contributed by atoms with E-state index in [0.717, 1.165) is 31.9 Å². The van der Waals surface area contributed by atoms with Gasteiger partial charge in [0.05, 0.1) is 6.42 Å². The molecule has 0 radical (unpaired) electrons. The van der Waals surface area contributed by atoms with Crippen molar-refractivity contribution < 1.29 is 13.6 Å². The molecule has 1 unspecified atom stereocenters. The third-order valence-electron chi connectivity index (χ3n) is 3.76. The molecule has 1 aliphatic rings. The largest absolute Gasteiger partial charge is 0.338 e. The van der Waals surface area contributed by atoms with Gasteiger partial charge in [0.25, 0.3) is 0 Å². The van der Waals surface area contributed by atoms with Gasteiger partial charge in [-0.05, 0) is 32.4 Å². The Bertz CT molecular complexity index is 477. The van der Waals surface area contributed by atoms with E-state index in [1.807, 2.05) is 7.05 Å². The first-order valence-electron chi connectivity index (χ1n) is 7.00. The van der Waals surface area contributed by atoms with Crippen LogP contribution >= 0.6 is 0 Å². The third-order valence-corrected chi connectivity index (χ3v) is 3.76. The molecular formula is C15H20F2N2O. The smallest absolute Gasteiger partial charge is 0.227 e. The van der Waals surface area contributed by atoms with Gasteiger partial charge < -0.3 is 10.2 Å². The van der Waals surface area contributed by atoms with Crippen LogP contribution in [0, 0.1) is 11.6 Å². The first-order chi connectivity index (χ1) is 9.63. The summed E-state index contributed by atoms with van der Waals surface area (Å²) in [7, 11) is 1.85. The molecule has 5 heteroatoms. The molecule has 1 N–H and O–H groups in total. The van der Waals surface area contributed by atoms with Gasteiger partial charge in [0.15, 0.2) is 11.6 Å². The van der Waals surface area contributed by atoms with Gasteiger partial charge in [0.2, 0.25) is 5.91 Å². The van der Waals surface area contributed by atoms with Crippen molar-refractivity contribution in [2.24, 2.45) is 0 Å².